The lowest BCUT2D eigenvalue weighted by molar-refractivity contribution is -0.121. The van der Waals surface area contributed by atoms with Gasteiger partial charge in [0, 0.05) is 17.8 Å². The first-order valence-corrected chi connectivity index (χ1v) is 11.0. The Morgan fingerprint density at radius 3 is 2.93 bits per heavy atom. The summed E-state index contributed by atoms with van der Waals surface area (Å²) in [7, 11) is 1.64. The van der Waals surface area contributed by atoms with E-state index in [0.717, 1.165) is 22.2 Å². The van der Waals surface area contributed by atoms with E-state index in [9.17, 15) is 4.79 Å². The van der Waals surface area contributed by atoms with Crippen LogP contribution in [0.15, 0.2) is 28.6 Å². The maximum absolute atomic E-state index is 12.5. The number of aromatic nitrogens is 2. The predicted molar refractivity (Wildman–Crippen MR) is 111 cm³/mol. The summed E-state index contributed by atoms with van der Waals surface area (Å²) in [6, 6.07) is 7.94. The number of ether oxygens (including phenoxy) is 1. The molecule has 0 saturated heterocycles. The second-order valence-corrected chi connectivity index (χ2v) is 9.43. The number of rotatable bonds is 7. The zero-order valence-corrected chi connectivity index (χ0v) is 17.5. The first kappa shape index (κ1) is 19.9. The highest BCUT2D eigenvalue weighted by atomic mass is 32.2. The monoisotopic (exact) mass is 406 g/mol. The van der Waals surface area contributed by atoms with Crippen LogP contribution in [-0.2, 0) is 4.79 Å². The fraction of sp³-hybridized carbons (Fsp3) is 0.526. The van der Waals surface area contributed by atoms with Gasteiger partial charge in [-0.05, 0) is 37.8 Å². The van der Waals surface area contributed by atoms with Crippen LogP contribution in [0.25, 0.3) is 0 Å². The number of thioether (sulfide) groups is 1. The van der Waals surface area contributed by atoms with Crippen molar-refractivity contribution in [2.24, 2.45) is 5.92 Å². The average Bonchev–Trinajstić information content (AvgIpc) is 3.10. The van der Waals surface area contributed by atoms with Crippen molar-refractivity contribution < 1.29 is 9.53 Å². The number of amides is 1. The van der Waals surface area contributed by atoms with E-state index in [1.807, 2.05) is 31.2 Å². The molecule has 1 aliphatic carbocycles. The van der Waals surface area contributed by atoms with Gasteiger partial charge < -0.3 is 15.4 Å². The van der Waals surface area contributed by atoms with Crippen molar-refractivity contribution in [3.8, 4) is 5.75 Å². The van der Waals surface area contributed by atoms with Crippen molar-refractivity contribution >= 4 is 39.8 Å². The maximum atomic E-state index is 12.5. The molecule has 3 atom stereocenters. The average molecular weight is 407 g/mol. The quantitative estimate of drug-likeness (QED) is 0.661. The van der Waals surface area contributed by atoms with Crippen molar-refractivity contribution in [3.63, 3.8) is 0 Å². The largest absolute Gasteiger partial charge is 0.497 e. The van der Waals surface area contributed by atoms with Gasteiger partial charge in [-0.25, -0.2) is 0 Å². The van der Waals surface area contributed by atoms with E-state index in [1.165, 1.54) is 42.4 Å². The van der Waals surface area contributed by atoms with E-state index in [-0.39, 0.29) is 11.2 Å². The molecule has 1 aromatic heterocycles. The lowest BCUT2D eigenvalue weighted by Gasteiger charge is -2.30. The van der Waals surface area contributed by atoms with Gasteiger partial charge in [0.05, 0.1) is 12.4 Å². The first-order valence-electron chi connectivity index (χ1n) is 9.27. The Kier molecular flexibility index (Phi) is 6.95. The molecule has 27 heavy (non-hydrogen) atoms. The van der Waals surface area contributed by atoms with E-state index >= 15 is 0 Å². The Morgan fingerprint density at radius 2 is 2.15 bits per heavy atom. The van der Waals surface area contributed by atoms with Crippen LogP contribution in [0, 0.1) is 5.92 Å². The molecule has 2 aromatic rings. The summed E-state index contributed by atoms with van der Waals surface area (Å²) >= 11 is 2.89. The van der Waals surface area contributed by atoms with Crippen LogP contribution in [0.1, 0.15) is 39.5 Å². The van der Waals surface area contributed by atoms with Crippen LogP contribution in [-0.4, -0.2) is 34.5 Å². The van der Waals surface area contributed by atoms with Crippen LogP contribution in [0.4, 0.5) is 10.8 Å². The number of benzene rings is 1. The zero-order chi connectivity index (χ0) is 19.2. The molecule has 0 aliphatic heterocycles. The number of nitrogens with zero attached hydrogens (tertiary/aromatic N) is 2. The Hall–Kier alpha value is -1.80. The van der Waals surface area contributed by atoms with E-state index in [0.29, 0.717) is 17.1 Å². The van der Waals surface area contributed by atoms with Gasteiger partial charge in [-0.2, -0.15) is 0 Å². The van der Waals surface area contributed by atoms with Crippen molar-refractivity contribution in [1.29, 1.82) is 0 Å². The molecule has 1 aromatic carbocycles. The summed E-state index contributed by atoms with van der Waals surface area (Å²) < 4.78 is 6.00. The van der Waals surface area contributed by atoms with Gasteiger partial charge in [0.1, 0.15) is 5.75 Å². The minimum absolute atomic E-state index is 0.0799. The molecule has 2 N–H and O–H groups in total. The fourth-order valence-electron chi connectivity index (χ4n) is 3.17. The normalized spacial score (nSPS) is 20.7. The maximum Gasteiger partial charge on any atom is 0.233 e. The van der Waals surface area contributed by atoms with Gasteiger partial charge >= 0.3 is 0 Å². The number of hydrogen-bond donors (Lipinski definition) is 2. The van der Waals surface area contributed by atoms with E-state index in [4.69, 9.17) is 4.74 Å². The molecule has 3 rings (SSSR count). The van der Waals surface area contributed by atoms with Crippen LogP contribution < -0.4 is 15.4 Å². The van der Waals surface area contributed by atoms with Gasteiger partial charge in [0.15, 0.2) is 4.34 Å². The van der Waals surface area contributed by atoms with Crippen molar-refractivity contribution in [3.05, 3.63) is 24.3 Å². The Balaban J connectivity index is 1.54. The van der Waals surface area contributed by atoms with Gasteiger partial charge in [-0.1, -0.05) is 48.9 Å². The summed E-state index contributed by atoms with van der Waals surface area (Å²) in [6.07, 6.45) is 4.75. The van der Waals surface area contributed by atoms with E-state index < -0.39 is 0 Å². The number of hydrogen-bond acceptors (Lipinski definition) is 7. The van der Waals surface area contributed by atoms with Crippen LogP contribution >= 0.6 is 23.1 Å². The third-order valence-electron chi connectivity index (χ3n) is 4.81. The molecule has 146 valence electrons. The molecule has 0 spiro atoms. The van der Waals surface area contributed by atoms with Gasteiger partial charge in [-0.3, -0.25) is 4.79 Å². The second kappa shape index (κ2) is 9.41. The van der Waals surface area contributed by atoms with E-state index in [1.54, 1.807) is 7.11 Å². The lowest BCUT2D eigenvalue weighted by Crippen LogP contribution is -2.44. The lowest BCUT2D eigenvalue weighted by atomic mass is 9.86. The summed E-state index contributed by atoms with van der Waals surface area (Å²) in [4.78, 5) is 12.5. The highest BCUT2D eigenvalue weighted by Crippen LogP contribution is 2.31. The van der Waals surface area contributed by atoms with Crippen LogP contribution in [0.3, 0.4) is 0 Å². The molecular weight excluding hydrogens is 380 g/mol. The number of nitrogens with one attached hydrogen (secondary N) is 2. The number of carbonyl (C=O) groups is 1. The zero-order valence-electron chi connectivity index (χ0n) is 15.9. The summed E-state index contributed by atoms with van der Waals surface area (Å²) in [6.45, 7) is 4.15. The molecule has 6 nitrogen and oxygen atoms in total. The predicted octanol–water partition coefficient (Wildman–Crippen LogP) is 4.47. The Bertz CT molecular complexity index is 768. The van der Waals surface area contributed by atoms with Crippen molar-refractivity contribution in [2.75, 3.05) is 12.4 Å². The van der Waals surface area contributed by atoms with Crippen LogP contribution in [0.5, 0.6) is 5.75 Å². The number of anilines is 2. The van der Waals surface area contributed by atoms with Gasteiger partial charge in [-0.15, -0.1) is 10.2 Å². The molecule has 1 heterocycles. The summed E-state index contributed by atoms with van der Waals surface area (Å²) in [5.41, 5.74) is 0.888. The molecule has 1 amide bonds. The topological polar surface area (TPSA) is 76.1 Å². The number of methoxy groups -OCH3 is 1. The summed E-state index contributed by atoms with van der Waals surface area (Å²) in [5.74, 6) is 1.41. The second-order valence-electron chi connectivity index (χ2n) is 6.87. The molecular formula is C19H26N4O2S2. The minimum Gasteiger partial charge on any atom is -0.497 e. The highest BCUT2D eigenvalue weighted by molar-refractivity contribution is 8.02. The third-order valence-corrected chi connectivity index (χ3v) is 6.84. The molecule has 1 saturated carbocycles. The fourth-order valence-corrected chi connectivity index (χ4v) is 5.09. The Labute approximate surface area is 168 Å². The highest BCUT2D eigenvalue weighted by Gasteiger charge is 2.25. The molecule has 3 unspecified atom stereocenters. The molecule has 1 aliphatic rings. The third kappa shape index (κ3) is 5.59. The van der Waals surface area contributed by atoms with Gasteiger partial charge in [0.25, 0.3) is 0 Å². The molecule has 1 fully saturated rings. The van der Waals surface area contributed by atoms with Crippen LogP contribution in [0.2, 0.25) is 0 Å². The Morgan fingerprint density at radius 1 is 1.33 bits per heavy atom. The SMILES string of the molecule is COc1cccc(Nc2nnc(SC(C)C(=O)NC3CCCCC3C)s2)c1. The first-order chi connectivity index (χ1) is 13.0. The minimum atomic E-state index is -0.197. The molecule has 0 radical (unpaired) electrons. The van der Waals surface area contributed by atoms with Gasteiger partial charge in [0.2, 0.25) is 11.0 Å². The smallest absolute Gasteiger partial charge is 0.233 e. The van der Waals surface area contributed by atoms with Crippen molar-refractivity contribution in [1.82, 2.24) is 15.5 Å². The standard InChI is InChI=1S/C19H26N4O2S2/c1-12-7-4-5-10-16(12)21-17(24)13(2)26-19-23-22-18(27-19)20-14-8-6-9-15(11-14)25-3/h6,8-9,11-13,16H,4-5,7,10H2,1-3H3,(H,20,22)(H,21,24). The van der Waals surface area contributed by atoms with E-state index in [2.05, 4.69) is 27.8 Å². The molecule has 8 heteroatoms. The summed E-state index contributed by atoms with van der Waals surface area (Å²) in [5, 5.41) is 15.3. The molecule has 0 bridgehead atoms. The number of carbonyl (C=O) groups excluding carboxylic acids is 1. The van der Waals surface area contributed by atoms with Crippen molar-refractivity contribution in [2.45, 2.75) is 55.2 Å².